The molecule has 1 aliphatic heterocycles. The summed E-state index contributed by atoms with van der Waals surface area (Å²) < 4.78 is 0. The number of rotatable bonds is 0. The van der Waals surface area contributed by atoms with E-state index >= 15 is 0 Å². The molecule has 0 N–H and O–H groups in total. The second kappa shape index (κ2) is 2.51. The molecule has 1 aliphatic rings. The summed E-state index contributed by atoms with van der Waals surface area (Å²) in [5, 5.41) is 0. The topological polar surface area (TPSA) is 3.24 Å². The molecular weight excluding hydrogens is 146 g/mol. The number of fused-ring (bicyclic) bond motifs is 1. The first-order valence-corrected chi connectivity index (χ1v) is 4.50. The second-order valence-corrected chi connectivity index (χ2v) is 3.69. The van der Waals surface area contributed by atoms with Crippen LogP contribution in [0.15, 0.2) is 12.1 Å². The van der Waals surface area contributed by atoms with Crippen molar-refractivity contribution in [1.29, 1.82) is 0 Å². The Morgan fingerprint density at radius 2 is 2.00 bits per heavy atom. The Bertz CT molecular complexity index is 315. The molecule has 1 heterocycles. The molecule has 1 aromatic carbocycles. The van der Waals surface area contributed by atoms with Crippen LogP contribution in [0, 0.1) is 13.8 Å². The van der Waals surface area contributed by atoms with Gasteiger partial charge in [-0.15, -0.1) is 0 Å². The summed E-state index contributed by atoms with van der Waals surface area (Å²) >= 11 is 0. The SMILES string of the molecule is Cc1ccc2c(c1C)N(C)CC2. The molecule has 0 amide bonds. The highest BCUT2D eigenvalue weighted by atomic mass is 15.1. The molecule has 2 rings (SSSR count). The van der Waals surface area contributed by atoms with Crippen molar-refractivity contribution in [2.24, 2.45) is 0 Å². The highest BCUT2D eigenvalue weighted by molar-refractivity contribution is 5.64. The van der Waals surface area contributed by atoms with Crippen molar-refractivity contribution in [1.82, 2.24) is 0 Å². The molecule has 1 aromatic rings. The Morgan fingerprint density at radius 1 is 1.25 bits per heavy atom. The Morgan fingerprint density at radius 3 is 2.75 bits per heavy atom. The third-order valence-electron chi connectivity index (χ3n) is 2.88. The molecule has 0 radical (unpaired) electrons. The predicted octanol–water partition coefficient (Wildman–Crippen LogP) is 2.30. The maximum atomic E-state index is 2.36. The summed E-state index contributed by atoms with van der Waals surface area (Å²) in [5.74, 6) is 0. The van der Waals surface area contributed by atoms with Crippen molar-refractivity contribution in [3.8, 4) is 0 Å². The summed E-state index contributed by atoms with van der Waals surface area (Å²) in [6.07, 6.45) is 1.22. The lowest BCUT2D eigenvalue weighted by molar-refractivity contribution is 0.953. The van der Waals surface area contributed by atoms with Gasteiger partial charge in [-0.25, -0.2) is 0 Å². The monoisotopic (exact) mass is 161 g/mol. The molecule has 1 heteroatoms. The van der Waals surface area contributed by atoms with Gasteiger partial charge in [0, 0.05) is 19.3 Å². The average molecular weight is 161 g/mol. The van der Waals surface area contributed by atoms with Crippen molar-refractivity contribution >= 4 is 5.69 Å². The van der Waals surface area contributed by atoms with Crippen LogP contribution in [0.5, 0.6) is 0 Å². The molecule has 0 fully saturated rings. The van der Waals surface area contributed by atoms with Gasteiger partial charge in [0.1, 0.15) is 0 Å². The van der Waals surface area contributed by atoms with Crippen LogP contribution in [0.3, 0.4) is 0 Å². The minimum absolute atomic E-state index is 1.18. The van der Waals surface area contributed by atoms with E-state index in [9.17, 15) is 0 Å². The van der Waals surface area contributed by atoms with E-state index in [-0.39, 0.29) is 0 Å². The molecule has 1 nitrogen and oxygen atoms in total. The second-order valence-electron chi connectivity index (χ2n) is 3.69. The van der Waals surface area contributed by atoms with Crippen molar-refractivity contribution in [3.05, 3.63) is 28.8 Å². The highest BCUT2D eigenvalue weighted by Crippen LogP contribution is 2.31. The van der Waals surface area contributed by atoms with Crippen LogP contribution in [0.4, 0.5) is 5.69 Å². The maximum absolute atomic E-state index is 2.36. The van der Waals surface area contributed by atoms with Gasteiger partial charge in [-0.05, 0) is 37.0 Å². The molecule has 12 heavy (non-hydrogen) atoms. The number of likely N-dealkylation sites (N-methyl/N-ethyl adjacent to an activating group) is 1. The van der Waals surface area contributed by atoms with Crippen molar-refractivity contribution in [3.63, 3.8) is 0 Å². The highest BCUT2D eigenvalue weighted by Gasteiger charge is 2.17. The van der Waals surface area contributed by atoms with Crippen LogP contribution in [0.25, 0.3) is 0 Å². The van der Waals surface area contributed by atoms with E-state index in [0.29, 0.717) is 0 Å². The maximum Gasteiger partial charge on any atom is 0.0429 e. The Balaban J connectivity index is 2.63. The van der Waals surface area contributed by atoms with Crippen molar-refractivity contribution in [2.75, 3.05) is 18.5 Å². The van der Waals surface area contributed by atoms with Crippen LogP contribution in [0.1, 0.15) is 16.7 Å². The van der Waals surface area contributed by atoms with Gasteiger partial charge in [-0.2, -0.15) is 0 Å². The summed E-state index contributed by atoms with van der Waals surface area (Å²) in [6.45, 7) is 5.58. The lowest BCUT2D eigenvalue weighted by atomic mass is 10.0. The first kappa shape index (κ1) is 7.66. The van der Waals surface area contributed by atoms with E-state index in [4.69, 9.17) is 0 Å². The lowest BCUT2D eigenvalue weighted by Gasteiger charge is -2.16. The standard InChI is InChI=1S/C11H15N/c1-8-4-5-10-6-7-12(3)11(10)9(8)2/h4-5H,6-7H2,1-3H3. The van der Waals surface area contributed by atoms with Crippen LogP contribution in [-0.4, -0.2) is 13.6 Å². The molecule has 0 atom stereocenters. The summed E-state index contributed by atoms with van der Waals surface area (Å²) in [7, 11) is 2.18. The average Bonchev–Trinajstić information content (AvgIpc) is 2.41. The predicted molar refractivity (Wildman–Crippen MR) is 52.9 cm³/mol. The molecule has 0 aliphatic carbocycles. The van der Waals surface area contributed by atoms with Crippen LogP contribution < -0.4 is 4.90 Å². The molecule has 0 saturated heterocycles. The minimum atomic E-state index is 1.18. The number of nitrogens with zero attached hydrogens (tertiary/aromatic N) is 1. The van der Waals surface area contributed by atoms with E-state index in [1.807, 2.05) is 0 Å². The van der Waals surface area contributed by atoms with E-state index < -0.39 is 0 Å². The third-order valence-corrected chi connectivity index (χ3v) is 2.88. The minimum Gasteiger partial charge on any atom is -0.374 e. The van der Waals surface area contributed by atoms with Gasteiger partial charge >= 0.3 is 0 Å². The van der Waals surface area contributed by atoms with Gasteiger partial charge < -0.3 is 4.90 Å². The molecule has 64 valence electrons. The lowest BCUT2D eigenvalue weighted by Crippen LogP contribution is -2.13. The number of hydrogen-bond acceptors (Lipinski definition) is 1. The fourth-order valence-corrected chi connectivity index (χ4v) is 1.99. The van der Waals surface area contributed by atoms with Crippen LogP contribution >= 0.6 is 0 Å². The Hall–Kier alpha value is -0.980. The zero-order chi connectivity index (χ0) is 8.72. The largest absolute Gasteiger partial charge is 0.374 e. The number of anilines is 1. The summed E-state index contributed by atoms with van der Waals surface area (Å²) in [6, 6.07) is 4.49. The number of aryl methyl sites for hydroxylation is 1. The van der Waals surface area contributed by atoms with Crippen LogP contribution in [-0.2, 0) is 6.42 Å². The van der Waals surface area contributed by atoms with Crippen molar-refractivity contribution in [2.45, 2.75) is 20.3 Å². The first-order valence-electron chi connectivity index (χ1n) is 4.50. The van der Waals surface area contributed by atoms with E-state index in [1.54, 1.807) is 0 Å². The van der Waals surface area contributed by atoms with Gasteiger partial charge in [-0.1, -0.05) is 12.1 Å². The molecule has 0 aromatic heterocycles. The summed E-state index contributed by atoms with van der Waals surface area (Å²) in [5.41, 5.74) is 5.84. The molecule has 0 unspecified atom stereocenters. The van der Waals surface area contributed by atoms with E-state index in [2.05, 4.69) is 37.9 Å². The fraction of sp³-hybridized carbons (Fsp3) is 0.455. The number of benzene rings is 1. The van der Waals surface area contributed by atoms with Gasteiger partial charge in [-0.3, -0.25) is 0 Å². The first-order chi connectivity index (χ1) is 5.70. The Labute approximate surface area is 74.0 Å². The zero-order valence-electron chi connectivity index (χ0n) is 8.02. The summed E-state index contributed by atoms with van der Waals surface area (Å²) in [4.78, 5) is 2.36. The van der Waals surface area contributed by atoms with Gasteiger partial charge in [0.05, 0.1) is 0 Å². The van der Waals surface area contributed by atoms with Crippen molar-refractivity contribution < 1.29 is 0 Å². The molecule has 0 spiro atoms. The fourth-order valence-electron chi connectivity index (χ4n) is 1.99. The number of hydrogen-bond donors (Lipinski definition) is 0. The van der Waals surface area contributed by atoms with Crippen LogP contribution in [0.2, 0.25) is 0 Å². The molecular formula is C11H15N. The smallest absolute Gasteiger partial charge is 0.0429 e. The van der Waals surface area contributed by atoms with Gasteiger partial charge in [0.25, 0.3) is 0 Å². The van der Waals surface area contributed by atoms with Gasteiger partial charge in [0.2, 0.25) is 0 Å². The Kier molecular flexibility index (Phi) is 1.60. The zero-order valence-corrected chi connectivity index (χ0v) is 8.02. The third kappa shape index (κ3) is 0.927. The normalized spacial score (nSPS) is 15.1. The van der Waals surface area contributed by atoms with Gasteiger partial charge in [0.15, 0.2) is 0 Å². The molecule has 0 bridgehead atoms. The van der Waals surface area contributed by atoms with E-state index in [1.165, 1.54) is 35.3 Å². The quantitative estimate of drug-likeness (QED) is 0.564. The van der Waals surface area contributed by atoms with E-state index in [0.717, 1.165) is 0 Å². The molecule has 0 saturated carbocycles.